The van der Waals surface area contributed by atoms with Crippen LogP contribution < -0.4 is 16.0 Å². The van der Waals surface area contributed by atoms with Gasteiger partial charge in [-0.2, -0.15) is 0 Å². The summed E-state index contributed by atoms with van der Waals surface area (Å²) in [7, 11) is 0. The molecule has 0 heterocycles. The van der Waals surface area contributed by atoms with E-state index in [1.54, 1.807) is 12.1 Å². The third-order valence-electron chi connectivity index (χ3n) is 3.90. The first kappa shape index (κ1) is 15.4. The highest BCUT2D eigenvalue weighted by atomic mass is 16.2. The van der Waals surface area contributed by atoms with E-state index >= 15 is 0 Å². The summed E-state index contributed by atoms with van der Waals surface area (Å²) in [4.78, 5) is 23.5. The van der Waals surface area contributed by atoms with E-state index in [0.29, 0.717) is 11.6 Å². The summed E-state index contributed by atoms with van der Waals surface area (Å²) in [6, 6.07) is 9.02. The molecule has 2 rings (SSSR count). The number of nitrogens with one attached hydrogen (secondary N) is 3. The molecule has 1 aromatic rings. The highest BCUT2D eigenvalue weighted by Gasteiger charge is 2.22. The lowest BCUT2D eigenvalue weighted by Gasteiger charge is -2.29. The van der Waals surface area contributed by atoms with Gasteiger partial charge in [0.1, 0.15) is 0 Å². The summed E-state index contributed by atoms with van der Waals surface area (Å²) < 4.78 is 0. The topological polar surface area (TPSA) is 70.2 Å². The predicted molar refractivity (Wildman–Crippen MR) is 83.0 cm³/mol. The van der Waals surface area contributed by atoms with Gasteiger partial charge >= 0.3 is 6.03 Å². The van der Waals surface area contributed by atoms with Gasteiger partial charge in [0.05, 0.1) is 6.54 Å². The van der Waals surface area contributed by atoms with Gasteiger partial charge in [0.15, 0.2) is 0 Å². The zero-order chi connectivity index (χ0) is 15.1. The van der Waals surface area contributed by atoms with Crippen LogP contribution in [-0.2, 0) is 4.79 Å². The van der Waals surface area contributed by atoms with E-state index in [4.69, 9.17) is 0 Å². The Labute approximate surface area is 125 Å². The number of benzene rings is 1. The van der Waals surface area contributed by atoms with E-state index in [1.807, 2.05) is 18.2 Å². The molecule has 5 heteroatoms. The fourth-order valence-electron chi connectivity index (χ4n) is 2.65. The van der Waals surface area contributed by atoms with Gasteiger partial charge in [0.25, 0.3) is 0 Å². The van der Waals surface area contributed by atoms with Crippen molar-refractivity contribution >= 4 is 17.6 Å². The number of para-hydroxylation sites is 1. The van der Waals surface area contributed by atoms with E-state index in [-0.39, 0.29) is 24.5 Å². The van der Waals surface area contributed by atoms with Crippen molar-refractivity contribution in [2.75, 3.05) is 11.9 Å². The predicted octanol–water partition coefficient (Wildman–Crippen LogP) is 2.50. The Morgan fingerprint density at radius 1 is 1.14 bits per heavy atom. The zero-order valence-electron chi connectivity index (χ0n) is 12.4. The lowest BCUT2D eigenvalue weighted by Crippen LogP contribution is -2.46. The van der Waals surface area contributed by atoms with Crippen LogP contribution in [0.5, 0.6) is 0 Å². The second-order valence-electron chi connectivity index (χ2n) is 5.61. The molecule has 3 N–H and O–H groups in total. The molecule has 1 fully saturated rings. The molecule has 3 amide bonds. The van der Waals surface area contributed by atoms with E-state index < -0.39 is 0 Å². The minimum Gasteiger partial charge on any atom is -0.352 e. The summed E-state index contributed by atoms with van der Waals surface area (Å²) in [6.45, 7) is 2.17. The number of urea groups is 1. The molecule has 21 heavy (non-hydrogen) atoms. The average molecular weight is 289 g/mol. The molecule has 0 aromatic heterocycles. The standard InChI is InChI=1S/C16H23N3O2/c1-12-7-5-6-10-14(12)19-15(20)11-17-16(21)18-13-8-3-2-4-9-13/h2-4,8-9,12,14H,5-7,10-11H2,1H3,(H,19,20)(H2,17,18,21)/t12-,14+/m1/s1. The summed E-state index contributed by atoms with van der Waals surface area (Å²) in [5, 5.41) is 8.26. The minimum atomic E-state index is -0.368. The Bertz CT molecular complexity index is 476. The SMILES string of the molecule is C[C@@H]1CCCC[C@@H]1NC(=O)CNC(=O)Nc1ccccc1. The Hall–Kier alpha value is -2.04. The van der Waals surface area contributed by atoms with Gasteiger partial charge in [-0.3, -0.25) is 4.79 Å². The smallest absolute Gasteiger partial charge is 0.319 e. The van der Waals surface area contributed by atoms with Crippen molar-refractivity contribution < 1.29 is 9.59 Å². The number of rotatable bonds is 4. The molecule has 114 valence electrons. The molecule has 0 saturated heterocycles. The molecule has 5 nitrogen and oxygen atoms in total. The van der Waals surface area contributed by atoms with Crippen LogP contribution in [0.2, 0.25) is 0 Å². The molecule has 0 aliphatic heterocycles. The minimum absolute atomic E-state index is 0.00187. The largest absolute Gasteiger partial charge is 0.352 e. The van der Waals surface area contributed by atoms with E-state index in [0.717, 1.165) is 19.3 Å². The molecule has 1 aliphatic rings. The van der Waals surface area contributed by atoms with Crippen molar-refractivity contribution in [1.82, 2.24) is 10.6 Å². The van der Waals surface area contributed by atoms with E-state index in [2.05, 4.69) is 22.9 Å². The van der Waals surface area contributed by atoms with Crippen molar-refractivity contribution in [2.45, 2.75) is 38.6 Å². The highest BCUT2D eigenvalue weighted by molar-refractivity contribution is 5.92. The van der Waals surface area contributed by atoms with E-state index in [9.17, 15) is 9.59 Å². The molecular weight excluding hydrogens is 266 g/mol. The lowest BCUT2D eigenvalue weighted by molar-refractivity contribution is -0.121. The molecule has 1 aliphatic carbocycles. The van der Waals surface area contributed by atoms with Crippen LogP contribution in [0.25, 0.3) is 0 Å². The molecule has 2 atom stereocenters. The zero-order valence-corrected chi connectivity index (χ0v) is 12.4. The third-order valence-corrected chi connectivity index (χ3v) is 3.90. The van der Waals surface area contributed by atoms with E-state index in [1.165, 1.54) is 6.42 Å². The first-order chi connectivity index (χ1) is 10.1. The van der Waals surface area contributed by atoms with Crippen LogP contribution in [0.3, 0.4) is 0 Å². The number of hydrogen-bond acceptors (Lipinski definition) is 2. The number of amides is 3. The van der Waals surface area contributed by atoms with Crippen molar-refractivity contribution in [2.24, 2.45) is 5.92 Å². The second-order valence-corrected chi connectivity index (χ2v) is 5.61. The second kappa shape index (κ2) is 7.67. The Kier molecular flexibility index (Phi) is 5.60. The Morgan fingerprint density at radius 2 is 1.86 bits per heavy atom. The van der Waals surface area contributed by atoms with Crippen molar-refractivity contribution in [3.8, 4) is 0 Å². The third kappa shape index (κ3) is 5.10. The maximum atomic E-state index is 11.9. The van der Waals surface area contributed by atoms with Crippen molar-refractivity contribution in [1.29, 1.82) is 0 Å². The Morgan fingerprint density at radius 3 is 2.57 bits per heavy atom. The first-order valence-electron chi connectivity index (χ1n) is 7.54. The molecule has 0 bridgehead atoms. The molecular formula is C16H23N3O2. The summed E-state index contributed by atoms with van der Waals surface area (Å²) >= 11 is 0. The molecule has 0 unspecified atom stereocenters. The van der Waals surface area contributed by atoms with Crippen molar-refractivity contribution in [3.05, 3.63) is 30.3 Å². The van der Waals surface area contributed by atoms with Gasteiger partial charge in [0, 0.05) is 11.7 Å². The van der Waals surface area contributed by atoms with Gasteiger partial charge in [-0.25, -0.2) is 4.79 Å². The Balaban J connectivity index is 1.69. The summed E-state index contributed by atoms with van der Waals surface area (Å²) in [5.74, 6) is 0.387. The fourth-order valence-corrected chi connectivity index (χ4v) is 2.65. The van der Waals surface area contributed by atoms with Crippen LogP contribution in [-0.4, -0.2) is 24.5 Å². The quantitative estimate of drug-likeness (QED) is 0.797. The molecule has 1 aromatic carbocycles. The number of anilines is 1. The number of carbonyl (C=O) groups is 2. The monoisotopic (exact) mass is 289 g/mol. The maximum Gasteiger partial charge on any atom is 0.319 e. The van der Waals surface area contributed by atoms with Gasteiger partial charge in [0.2, 0.25) is 5.91 Å². The van der Waals surface area contributed by atoms with Crippen LogP contribution in [0, 0.1) is 5.92 Å². The summed E-state index contributed by atoms with van der Waals surface area (Å²) in [5.41, 5.74) is 0.705. The fraction of sp³-hybridized carbons (Fsp3) is 0.500. The first-order valence-corrected chi connectivity index (χ1v) is 7.54. The number of carbonyl (C=O) groups excluding carboxylic acids is 2. The summed E-state index contributed by atoms with van der Waals surface area (Å²) in [6.07, 6.45) is 4.60. The highest BCUT2D eigenvalue weighted by Crippen LogP contribution is 2.23. The van der Waals surface area contributed by atoms with Gasteiger partial charge < -0.3 is 16.0 Å². The van der Waals surface area contributed by atoms with Crippen LogP contribution in [0.1, 0.15) is 32.6 Å². The molecule has 0 radical (unpaired) electrons. The van der Waals surface area contributed by atoms with Crippen LogP contribution >= 0.6 is 0 Å². The molecule has 0 spiro atoms. The van der Waals surface area contributed by atoms with Crippen LogP contribution in [0.4, 0.5) is 10.5 Å². The van der Waals surface area contributed by atoms with Gasteiger partial charge in [-0.15, -0.1) is 0 Å². The maximum absolute atomic E-state index is 11.9. The number of hydrogen-bond donors (Lipinski definition) is 3. The van der Waals surface area contributed by atoms with Gasteiger partial charge in [-0.1, -0.05) is 38.0 Å². The van der Waals surface area contributed by atoms with Crippen LogP contribution in [0.15, 0.2) is 30.3 Å². The average Bonchev–Trinajstić information content (AvgIpc) is 2.49. The lowest BCUT2D eigenvalue weighted by atomic mass is 9.86. The van der Waals surface area contributed by atoms with Crippen molar-refractivity contribution in [3.63, 3.8) is 0 Å². The van der Waals surface area contributed by atoms with Gasteiger partial charge in [-0.05, 0) is 30.9 Å². The normalized spacial score (nSPS) is 21.4. The molecule has 1 saturated carbocycles.